The first-order valence-electron chi connectivity index (χ1n) is 7.64. The number of carbonyl (C=O) groups excluding carboxylic acids is 2. The van der Waals surface area contributed by atoms with Crippen LogP contribution in [-0.4, -0.2) is 30.9 Å². The van der Waals surface area contributed by atoms with Gasteiger partial charge in [-0.05, 0) is 38.4 Å². The molecule has 3 N–H and O–H groups in total. The van der Waals surface area contributed by atoms with Gasteiger partial charge in [0.1, 0.15) is 0 Å². The molecule has 1 aliphatic rings. The average molecular weight is 338 g/mol. The molecule has 1 aromatic carbocycles. The Kier molecular flexibility index (Phi) is 7.78. The van der Waals surface area contributed by atoms with Gasteiger partial charge < -0.3 is 16.0 Å². The Balaban J connectivity index is 0.00000264. The summed E-state index contributed by atoms with van der Waals surface area (Å²) in [5, 5.41) is 8.97. The number of amides is 2. The highest BCUT2D eigenvalue weighted by Crippen LogP contribution is 2.21. The van der Waals surface area contributed by atoms with Gasteiger partial charge in [-0.2, -0.15) is 0 Å². The van der Waals surface area contributed by atoms with E-state index in [0.717, 1.165) is 19.4 Å². The second-order valence-corrected chi connectivity index (χ2v) is 5.61. The fraction of sp³-hybridized carbons (Fsp3) is 0.412. The monoisotopic (exact) mass is 337 g/mol. The predicted molar refractivity (Wildman–Crippen MR) is 95.0 cm³/mol. The van der Waals surface area contributed by atoms with Crippen LogP contribution in [0, 0.1) is 5.92 Å². The minimum Gasteiger partial charge on any atom is -0.349 e. The van der Waals surface area contributed by atoms with Crippen LogP contribution >= 0.6 is 12.4 Å². The van der Waals surface area contributed by atoms with Gasteiger partial charge in [-0.25, -0.2) is 0 Å². The Morgan fingerprint density at radius 1 is 1.39 bits per heavy atom. The van der Waals surface area contributed by atoms with E-state index in [0.29, 0.717) is 23.8 Å². The highest BCUT2D eigenvalue weighted by atomic mass is 35.5. The van der Waals surface area contributed by atoms with Crippen LogP contribution in [0.2, 0.25) is 0 Å². The Morgan fingerprint density at radius 2 is 2.13 bits per heavy atom. The highest BCUT2D eigenvalue weighted by Gasteiger charge is 2.25. The number of benzene rings is 1. The number of rotatable bonds is 5. The summed E-state index contributed by atoms with van der Waals surface area (Å²) in [6, 6.07) is 7.40. The van der Waals surface area contributed by atoms with E-state index >= 15 is 0 Å². The van der Waals surface area contributed by atoms with Gasteiger partial charge >= 0.3 is 0 Å². The second-order valence-electron chi connectivity index (χ2n) is 5.61. The maximum Gasteiger partial charge on any atom is 0.253 e. The Labute approximate surface area is 143 Å². The van der Waals surface area contributed by atoms with Crippen LogP contribution in [0.1, 0.15) is 30.1 Å². The van der Waals surface area contributed by atoms with Crippen LogP contribution in [0.3, 0.4) is 0 Å². The van der Waals surface area contributed by atoms with Gasteiger partial charge in [-0.15, -0.1) is 19.0 Å². The zero-order valence-corrected chi connectivity index (χ0v) is 14.1. The molecule has 1 saturated heterocycles. The standard InChI is InChI=1S/C17H23N3O2.ClH/c1-3-9-19-17(22)14-6-4-5-7-15(14)20-16(21)13-8-10-18-12(2)11-13;/h3-7,12-13,18H,1,8-11H2,2H3,(H,19,22)(H,20,21);1H/t12-,13-;/m0./s1. The van der Waals surface area contributed by atoms with E-state index in [1.807, 2.05) is 6.07 Å². The minimum absolute atomic E-state index is 0. The lowest BCUT2D eigenvalue weighted by Crippen LogP contribution is -2.40. The molecule has 1 fully saturated rings. The first-order chi connectivity index (χ1) is 10.6. The van der Waals surface area contributed by atoms with Crippen molar-refractivity contribution in [2.24, 2.45) is 5.92 Å². The number of anilines is 1. The molecule has 6 heteroatoms. The first-order valence-corrected chi connectivity index (χ1v) is 7.64. The summed E-state index contributed by atoms with van der Waals surface area (Å²) in [5.41, 5.74) is 1.03. The summed E-state index contributed by atoms with van der Waals surface area (Å²) in [4.78, 5) is 24.5. The number of halogens is 1. The molecule has 0 aliphatic carbocycles. The van der Waals surface area contributed by atoms with E-state index in [-0.39, 0.29) is 30.1 Å². The number of hydrogen-bond donors (Lipinski definition) is 3. The topological polar surface area (TPSA) is 70.2 Å². The molecule has 0 spiro atoms. The third-order valence-corrected chi connectivity index (χ3v) is 3.83. The maximum atomic E-state index is 12.4. The molecule has 2 atom stereocenters. The molecule has 126 valence electrons. The SMILES string of the molecule is C=CCNC(=O)c1ccccc1NC(=O)[C@H]1CCN[C@@H](C)C1.Cl. The molecule has 0 saturated carbocycles. The van der Waals surface area contributed by atoms with Crippen LogP contribution in [0.5, 0.6) is 0 Å². The highest BCUT2D eigenvalue weighted by molar-refractivity contribution is 6.04. The molecule has 0 bridgehead atoms. The first kappa shape index (κ1) is 19.2. The van der Waals surface area contributed by atoms with E-state index in [4.69, 9.17) is 0 Å². The van der Waals surface area contributed by atoms with Gasteiger partial charge in [0.25, 0.3) is 5.91 Å². The van der Waals surface area contributed by atoms with Crippen LogP contribution in [0.15, 0.2) is 36.9 Å². The summed E-state index contributed by atoms with van der Waals surface area (Å²) in [6.45, 7) is 6.90. The number of piperidine rings is 1. The van der Waals surface area contributed by atoms with E-state index in [1.165, 1.54) is 0 Å². The van der Waals surface area contributed by atoms with Crippen molar-refractivity contribution in [3.05, 3.63) is 42.5 Å². The molecule has 2 rings (SSSR count). The largest absolute Gasteiger partial charge is 0.349 e. The average Bonchev–Trinajstić information content (AvgIpc) is 2.53. The minimum atomic E-state index is -0.213. The molecule has 5 nitrogen and oxygen atoms in total. The zero-order chi connectivity index (χ0) is 15.9. The second kappa shape index (κ2) is 9.33. The third kappa shape index (κ3) is 5.37. The van der Waals surface area contributed by atoms with Crippen molar-refractivity contribution in [1.82, 2.24) is 10.6 Å². The molecular weight excluding hydrogens is 314 g/mol. The summed E-state index contributed by atoms with van der Waals surface area (Å²) < 4.78 is 0. The quantitative estimate of drug-likeness (QED) is 0.722. The van der Waals surface area contributed by atoms with Gasteiger partial charge in [-0.1, -0.05) is 18.2 Å². The van der Waals surface area contributed by atoms with Crippen molar-refractivity contribution < 1.29 is 9.59 Å². The Bertz CT molecular complexity index is 563. The normalized spacial score (nSPS) is 20.0. The van der Waals surface area contributed by atoms with Crippen LogP contribution < -0.4 is 16.0 Å². The summed E-state index contributed by atoms with van der Waals surface area (Å²) >= 11 is 0. The van der Waals surface area contributed by atoms with Gasteiger partial charge in [0.15, 0.2) is 0 Å². The van der Waals surface area contributed by atoms with E-state index < -0.39 is 0 Å². The van der Waals surface area contributed by atoms with Crippen LogP contribution in [0.25, 0.3) is 0 Å². The van der Waals surface area contributed by atoms with Gasteiger partial charge in [0.05, 0.1) is 11.3 Å². The molecule has 0 unspecified atom stereocenters. The maximum absolute atomic E-state index is 12.4. The molecule has 1 aromatic rings. The number of carbonyl (C=O) groups is 2. The van der Waals surface area contributed by atoms with Gasteiger partial charge in [0.2, 0.25) is 5.91 Å². The smallest absolute Gasteiger partial charge is 0.253 e. The molecule has 1 aliphatic heterocycles. The van der Waals surface area contributed by atoms with Crippen molar-refractivity contribution in [1.29, 1.82) is 0 Å². The van der Waals surface area contributed by atoms with Crippen molar-refractivity contribution in [2.45, 2.75) is 25.8 Å². The number of hydrogen-bond acceptors (Lipinski definition) is 3. The summed E-state index contributed by atoms with van der Waals surface area (Å²) in [7, 11) is 0. The third-order valence-electron chi connectivity index (χ3n) is 3.83. The van der Waals surface area contributed by atoms with Gasteiger partial charge in [0, 0.05) is 18.5 Å². The predicted octanol–water partition coefficient (Wildman–Crippen LogP) is 2.35. The van der Waals surface area contributed by atoms with Gasteiger partial charge in [-0.3, -0.25) is 9.59 Å². The Morgan fingerprint density at radius 3 is 2.83 bits per heavy atom. The Hall–Kier alpha value is -1.85. The van der Waals surface area contributed by atoms with E-state index in [9.17, 15) is 9.59 Å². The van der Waals surface area contributed by atoms with Crippen molar-refractivity contribution in [3.63, 3.8) is 0 Å². The van der Waals surface area contributed by atoms with Crippen LogP contribution in [0.4, 0.5) is 5.69 Å². The van der Waals surface area contributed by atoms with Crippen LogP contribution in [-0.2, 0) is 4.79 Å². The van der Waals surface area contributed by atoms with Crippen molar-refractivity contribution in [2.75, 3.05) is 18.4 Å². The van der Waals surface area contributed by atoms with E-state index in [2.05, 4.69) is 29.5 Å². The lowest BCUT2D eigenvalue weighted by molar-refractivity contribution is -0.120. The number of para-hydroxylation sites is 1. The number of nitrogens with one attached hydrogen (secondary N) is 3. The molecule has 0 radical (unpaired) electrons. The lowest BCUT2D eigenvalue weighted by Gasteiger charge is -2.27. The summed E-state index contributed by atoms with van der Waals surface area (Å²) in [5.74, 6) is -0.243. The van der Waals surface area contributed by atoms with Crippen molar-refractivity contribution >= 4 is 29.9 Å². The molecule has 23 heavy (non-hydrogen) atoms. The lowest BCUT2D eigenvalue weighted by atomic mass is 9.92. The summed E-state index contributed by atoms with van der Waals surface area (Å²) in [6.07, 6.45) is 3.26. The zero-order valence-electron chi connectivity index (χ0n) is 13.3. The molecule has 2 amide bonds. The fourth-order valence-electron chi connectivity index (χ4n) is 2.66. The fourth-order valence-corrected chi connectivity index (χ4v) is 2.66. The van der Waals surface area contributed by atoms with E-state index in [1.54, 1.807) is 24.3 Å². The van der Waals surface area contributed by atoms with Crippen molar-refractivity contribution in [3.8, 4) is 0 Å². The molecule has 1 heterocycles. The molecule has 0 aromatic heterocycles. The molecular formula is C17H24ClN3O2.